The topological polar surface area (TPSA) is 96.5 Å². The summed E-state index contributed by atoms with van der Waals surface area (Å²) in [5.74, 6) is -0.429. The first-order chi connectivity index (χ1) is 15.7. The molecule has 1 aliphatic rings. The minimum atomic E-state index is -0.292. The average molecular weight is 431 g/mol. The van der Waals surface area contributed by atoms with Gasteiger partial charge < -0.3 is 15.4 Å². The van der Waals surface area contributed by atoms with E-state index in [-0.39, 0.29) is 11.8 Å². The number of carbonyl (C=O) groups is 2. The van der Waals surface area contributed by atoms with Gasteiger partial charge in [-0.15, -0.1) is 0 Å². The number of nitrogens with one attached hydrogen (secondary N) is 2. The molecule has 0 spiro atoms. The number of anilines is 1. The molecule has 8 nitrogen and oxygen atoms in total. The standard InChI is InChI=1S/C24H25N5O3/c30-23(25-10-11-29-12-14-32-15-13-29)19-6-8-21(9-7-19)27-24(31)20-16-22(28-26-17-20)18-4-2-1-3-5-18/h1-9,16-17H,10-15H2,(H,25,30)(H,27,31). The first kappa shape index (κ1) is 21.6. The van der Waals surface area contributed by atoms with E-state index in [4.69, 9.17) is 4.74 Å². The van der Waals surface area contributed by atoms with Crippen LogP contribution >= 0.6 is 0 Å². The highest BCUT2D eigenvalue weighted by atomic mass is 16.5. The van der Waals surface area contributed by atoms with Crippen molar-refractivity contribution in [3.05, 3.63) is 78.0 Å². The van der Waals surface area contributed by atoms with Gasteiger partial charge in [-0.05, 0) is 30.3 Å². The summed E-state index contributed by atoms with van der Waals surface area (Å²) in [5.41, 5.74) is 3.06. The van der Waals surface area contributed by atoms with Crippen LogP contribution in [0.2, 0.25) is 0 Å². The third-order valence-corrected chi connectivity index (χ3v) is 5.21. The van der Waals surface area contributed by atoms with Crippen LogP contribution in [-0.2, 0) is 4.74 Å². The van der Waals surface area contributed by atoms with Gasteiger partial charge in [0, 0.05) is 43.0 Å². The van der Waals surface area contributed by atoms with Gasteiger partial charge in [-0.25, -0.2) is 0 Å². The second kappa shape index (κ2) is 10.6. The Labute approximate surface area is 186 Å². The van der Waals surface area contributed by atoms with Gasteiger partial charge in [0.25, 0.3) is 11.8 Å². The van der Waals surface area contributed by atoms with E-state index in [0.29, 0.717) is 29.1 Å². The minimum absolute atomic E-state index is 0.137. The molecule has 1 fully saturated rings. The molecule has 0 unspecified atom stereocenters. The van der Waals surface area contributed by atoms with Crippen LogP contribution in [0.1, 0.15) is 20.7 Å². The van der Waals surface area contributed by atoms with Gasteiger partial charge in [-0.3, -0.25) is 14.5 Å². The number of ether oxygens (including phenoxy) is 1. The highest BCUT2D eigenvalue weighted by Crippen LogP contribution is 2.17. The molecule has 2 N–H and O–H groups in total. The fourth-order valence-corrected chi connectivity index (χ4v) is 3.40. The van der Waals surface area contributed by atoms with E-state index in [1.165, 1.54) is 6.20 Å². The van der Waals surface area contributed by atoms with Crippen LogP contribution in [0.4, 0.5) is 5.69 Å². The lowest BCUT2D eigenvalue weighted by molar-refractivity contribution is 0.0383. The van der Waals surface area contributed by atoms with E-state index in [1.54, 1.807) is 30.3 Å². The molecule has 1 aliphatic heterocycles. The lowest BCUT2D eigenvalue weighted by Crippen LogP contribution is -2.41. The number of hydrogen-bond acceptors (Lipinski definition) is 6. The lowest BCUT2D eigenvalue weighted by atomic mass is 10.1. The number of benzene rings is 2. The fourth-order valence-electron chi connectivity index (χ4n) is 3.40. The van der Waals surface area contributed by atoms with Gasteiger partial charge >= 0.3 is 0 Å². The van der Waals surface area contributed by atoms with E-state index in [9.17, 15) is 9.59 Å². The summed E-state index contributed by atoms with van der Waals surface area (Å²) < 4.78 is 5.32. The smallest absolute Gasteiger partial charge is 0.257 e. The first-order valence-electron chi connectivity index (χ1n) is 10.6. The van der Waals surface area contributed by atoms with Gasteiger partial charge in [-0.1, -0.05) is 30.3 Å². The highest BCUT2D eigenvalue weighted by Gasteiger charge is 2.12. The maximum Gasteiger partial charge on any atom is 0.257 e. The number of amides is 2. The van der Waals surface area contributed by atoms with Crippen LogP contribution < -0.4 is 10.6 Å². The summed E-state index contributed by atoms with van der Waals surface area (Å²) in [6.45, 7) is 4.65. The zero-order valence-electron chi connectivity index (χ0n) is 17.7. The number of nitrogens with zero attached hydrogens (tertiary/aromatic N) is 3. The molecule has 0 bridgehead atoms. The van der Waals surface area contributed by atoms with Gasteiger partial charge in [0.05, 0.1) is 30.7 Å². The molecular weight excluding hydrogens is 406 g/mol. The van der Waals surface area contributed by atoms with Crippen LogP contribution in [-0.4, -0.2) is 66.3 Å². The number of carbonyl (C=O) groups excluding carboxylic acids is 2. The number of hydrogen-bond donors (Lipinski definition) is 2. The lowest BCUT2D eigenvalue weighted by Gasteiger charge is -2.26. The van der Waals surface area contributed by atoms with Crippen molar-refractivity contribution >= 4 is 17.5 Å². The van der Waals surface area contributed by atoms with Crippen molar-refractivity contribution < 1.29 is 14.3 Å². The molecule has 0 atom stereocenters. The van der Waals surface area contributed by atoms with Crippen molar-refractivity contribution in [3.63, 3.8) is 0 Å². The Balaban J connectivity index is 1.31. The quantitative estimate of drug-likeness (QED) is 0.597. The third kappa shape index (κ3) is 5.75. The Morgan fingerprint density at radius 3 is 2.44 bits per heavy atom. The summed E-state index contributed by atoms with van der Waals surface area (Å²) in [6.07, 6.45) is 1.43. The molecular formula is C24H25N5O3. The normalized spacial score (nSPS) is 14.0. The highest BCUT2D eigenvalue weighted by molar-refractivity contribution is 6.04. The van der Waals surface area contributed by atoms with Crippen LogP contribution in [0.5, 0.6) is 0 Å². The molecule has 3 aromatic rings. The molecule has 1 saturated heterocycles. The summed E-state index contributed by atoms with van der Waals surface area (Å²) in [5, 5.41) is 13.8. The molecule has 32 heavy (non-hydrogen) atoms. The fraction of sp³-hybridized carbons (Fsp3) is 0.250. The largest absolute Gasteiger partial charge is 0.379 e. The van der Waals surface area contributed by atoms with Crippen LogP contribution in [0.25, 0.3) is 11.3 Å². The van der Waals surface area contributed by atoms with Crippen molar-refractivity contribution in [2.45, 2.75) is 0 Å². The van der Waals surface area contributed by atoms with E-state index in [0.717, 1.165) is 38.4 Å². The number of morpholine rings is 1. The predicted octanol–water partition coefficient (Wildman–Crippen LogP) is 2.46. The van der Waals surface area contributed by atoms with Crippen molar-refractivity contribution in [2.24, 2.45) is 0 Å². The Hall–Kier alpha value is -3.62. The second-order valence-electron chi connectivity index (χ2n) is 7.44. The van der Waals surface area contributed by atoms with Crippen LogP contribution in [0.15, 0.2) is 66.9 Å². The van der Waals surface area contributed by atoms with E-state index in [1.807, 2.05) is 30.3 Å². The molecule has 2 aromatic carbocycles. The van der Waals surface area contributed by atoms with Crippen molar-refractivity contribution in [3.8, 4) is 11.3 Å². The first-order valence-corrected chi connectivity index (χ1v) is 10.6. The van der Waals surface area contributed by atoms with E-state index < -0.39 is 0 Å². The van der Waals surface area contributed by atoms with Crippen molar-refractivity contribution in [1.29, 1.82) is 0 Å². The Morgan fingerprint density at radius 2 is 1.69 bits per heavy atom. The van der Waals surface area contributed by atoms with Crippen LogP contribution in [0, 0.1) is 0 Å². The third-order valence-electron chi connectivity index (χ3n) is 5.21. The second-order valence-corrected chi connectivity index (χ2v) is 7.44. The molecule has 0 aliphatic carbocycles. The summed E-state index contributed by atoms with van der Waals surface area (Å²) in [7, 11) is 0. The predicted molar refractivity (Wildman–Crippen MR) is 121 cm³/mol. The zero-order chi connectivity index (χ0) is 22.2. The molecule has 2 amide bonds. The molecule has 1 aromatic heterocycles. The minimum Gasteiger partial charge on any atom is -0.379 e. The molecule has 2 heterocycles. The van der Waals surface area contributed by atoms with E-state index >= 15 is 0 Å². The Bertz CT molecular complexity index is 1050. The number of rotatable bonds is 7. The zero-order valence-corrected chi connectivity index (χ0v) is 17.7. The maximum atomic E-state index is 12.6. The molecule has 0 saturated carbocycles. The van der Waals surface area contributed by atoms with E-state index in [2.05, 4.69) is 25.7 Å². The molecule has 0 radical (unpaired) electrons. The number of aromatic nitrogens is 2. The molecule has 4 rings (SSSR count). The van der Waals surface area contributed by atoms with Gasteiger partial charge in [-0.2, -0.15) is 10.2 Å². The van der Waals surface area contributed by atoms with Gasteiger partial charge in [0.15, 0.2) is 0 Å². The summed E-state index contributed by atoms with van der Waals surface area (Å²) in [6, 6.07) is 18.1. The Kier molecular flexibility index (Phi) is 7.16. The molecule has 8 heteroatoms. The van der Waals surface area contributed by atoms with Crippen LogP contribution in [0.3, 0.4) is 0 Å². The monoisotopic (exact) mass is 431 g/mol. The summed E-state index contributed by atoms with van der Waals surface area (Å²) in [4.78, 5) is 27.3. The van der Waals surface area contributed by atoms with Gasteiger partial charge in [0.1, 0.15) is 0 Å². The van der Waals surface area contributed by atoms with Crippen molar-refractivity contribution in [1.82, 2.24) is 20.4 Å². The Morgan fingerprint density at radius 1 is 0.938 bits per heavy atom. The van der Waals surface area contributed by atoms with Crippen molar-refractivity contribution in [2.75, 3.05) is 44.7 Å². The average Bonchev–Trinajstić information content (AvgIpc) is 2.86. The summed E-state index contributed by atoms with van der Waals surface area (Å²) >= 11 is 0. The SMILES string of the molecule is O=C(NCCN1CCOCC1)c1ccc(NC(=O)c2cnnc(-c3ccccc3)c2)cc1. The molecule has 164 valence electrons. The maximum absolute atomic E-state index is 12.6. The van der Waals surface area contributed by atoms with Gasteiger partial charge in [0.2, 0.25) is 0 Å².